The lowest BCUT2D eigenvalue weighted by Gasteiger charge is -2.23. The van der Waals surface area contributed by atoms with E-state index >= 15 is 0 Å². The van der Waals surface area contributed by atoms with E-state index in [1.807, 2.05) is 24.3 Å². The Morgan fingerprint density at radius 2 is 0.620 bits per heavy atom. The fourth-order valence-electron chi connectivity index (χ4n) is 14.1. The fraction of sp³-hybridized carbons (Fsp3) is 0. The van der Waals surface area contributed by atoms with Crippen LogP contribution in [0.5, 0.6) is 0 Å². The molecule has 71 heavy (non-hydrogen) atoms. The first-order valence-electron chi connectivity index (χ1n) is 24.6. The molecule has 1 aliphatic carbocycles. The number of hydrogen-bond acceptors (Lipinski definition) is 2. The highest BCUT2D eigenvalue weighted by molar-refractivity contribution is 6.46. The second kappa shape index (κ2) is 12.6. The minimum Gasteiger partial charge on any atom is -0.268 e. The molecule has 1 aliphatic rings. The summed E-state index contributed by atoms with van der Waals surface area (Å²) in [6.45, 7) is 0. The summed E-state index contributed by atoms with van der Waals surface area (Å²) < 4.78 is 1.80. The molecular formula is C68H34N2O. The summed E-state index contributed by atoms with van der Waals surface area (Å²) in [5.41, 5.74) is 12.6. The molecule has 0 aliphatic heterocycles. The highest BCUT2D eigenvalue weighted by Gasteiger charge is 2.34. The van der Waals surface area contributed by atoms with Gasteiger partial charge in [-0.05, 0) is 171 Å². The van der Waals surface area contributed by atoms with Gasteiger partial charge in [0, 0.05) is 16.2 Å². The Labute approximate surface area is 403 Å². The molecular weight excluding hydrogens is 861 g/mol. The Morgan fingerprint density at radius 3 is 1.11 bits per heavy atom. The van der Waals surface area contributed by atoms with E-state index in [-0.39, 0.29) is 5.56 Å². The molecule has 15 aromatic carbocycles. The summed E-state index contributed by atoms with van der Waals surface area (Å²) in [5.74, 6) is 0. The van der Waals surface area contributed by atoms with E-state index < -0.39 is 0 Å². The number of rotatable bonds is 2. The van der Waals surface area contributed by atoms with Crippen LogP contribution in [0, 0.1) is 0 Å². The van der Waals surface area contributed by atoms with E-state index in [1.54, 1.807) is 4.40 Å². The summed E-state index contributed by atoms with van der Waals surface area (Å²) >= 11 is 0. The van der Waals surface area contributed by atoms with Crippen molar-refractivity contribution in [2.24, 2.45) is 0 Å². The van der Waals surface area contributed by atoms with Gasteiger partial charge in [0.1, 0.15) is 5.65 Å². The van der Waals surface area contributed by atoms with Gasteiger partial charge in [0.15, 0.2) is 0 Å². The Balaban J connectivity index is 0.997. The Kier molecular flexibility index (Phi) is 6.49. The first kappa shape index (κ1) is 36.6. The van der Waals surface area contributed by atoms with Gasteiger partial charge >= 0.3 is 0 Å². The van der Waals surface area contributed by atoms with Crippen LogP contribution in [0.3, 0.4) is 0 Å². The van der Waals surface area contributed by atoms with Crippen LogP contribution in [0.2, 0.25) is 0 Å². The molecule has 18 rings (SSSR count). The molecule has 2 aromatic heterocycles. The molecule has 0 spiro atoms. The summed E-state index contributed by atoms with van der Waals surface area (Å²) in [5, 5.41) is 26.6. The van der Waals surface area contributed by atoms with Gasteiger partial charge in [0.2, 0.25) is 0 Å². The van der Waals surface area contributed by atoms with Crippen molar-refractivity contribution in [1.82, 2.24) is 9.38 Å². The maximum absolute atomic E-state index is 14.5. The molecule has 0 unspecified atom stereocenters. The normalized spacial score (nSPS) is 12.8. The van der Waals surface area contributed by atoms with Crippen LogP contribution >= 0.6 is 0 Å². The van der Waals surface area contributed by atoms with Crippen LogP contribution in [0.1, 0.15) is 0 Å². The highest BCUT2D eigenvalue weighted by atomic mass is 16.1. The third kappa shape index (κ3) is 4.23. The van der Waals surface area contributed by atoms with Gasteiger partial charge in [0.25, 0.3) is 5.56 Å². The summed E-state index contributed by atoms with van der Waals surface area (Å²) in [6, 6.07) is 76.2. The minimum atomic E-state index is -0.0227. The monoisotopic (exact) mass is 894 g/mol. The highest BCUT2D eigenvalue weighted by Crippen LogP contribution is 2.61. The molecule has 322 valence electrons. The number of benzene rings is 15. The molecule has 2 heterocycles. The van der Waals surface area contributed by atoms with Crippen molar-refractivity contribution < 1.29 is 0 Å². The molecule has 17 aromatic rings. The average molecular weight is 895 g/mol. The van der Waals surface area contributed by atoms with Crippen LogP contribution in [-0.4, -0.2) is 9.38 Å². The number of aromatic nitrogens is 2. The molecule has 0 fully saturated rings. The number of nitrogens with zero attached hydrogens (tertiary/aromatic N) is 2. The van der Waals surface area contributed by atoms with Crippen molar-refractivity contribution in [2.45, 2.75) is 0 Å². The van der Waals surface area contributed by atoms with Crippen molar-refractivity contribution in [1.29, 1.82) is 0 Å². The number of pyridine rings is 1. The largest absolute Gasteiger partial charge is 0.268 e. The molecule has 0 amide bonds. The van der Waals surface area contributed by atoms with Crippen LogP contribution in [0.25, 0.3) is 180 Å². The molecule has 0 saturated carbocycles. The number of para-hydroxylation sites is 2. The second-order valence-corrected chi connectivity index (χ2v) is 19.9. The van der Waals surface area contributed by atoms with Crippen molar-refractivity contribution in [3.63, 3.8) is 0 Å². The zero-order chi connectivity index (χ0) is 46.0. The Bertz CT molecular complexity index is 5110. The second-order valence-electron chi connectivity index (χ2n) is 19.9. The fourth-order valence-corrected chi connectivity index (χ4v) is 14.1. The molecule has 0 saturated heterocycles. The molecule has 0 bridgehead atoms. The molecule has 0 N–H and O–H groups in total. The van der Waals surface area contributed by atoms with Crippen LogP contribution in [-0.2, 0) is 0 Å². The van der Waals surface area contributed by atoms with Crippen molar-refractivity contribution in [2.75, 3.05) is 0 Å². The lowest BCUT2D eigenvalue weighted by molar-refractivity contribution is 1.19. The number of imidazole rings is 1. The quantitative estimate of drug-likeness (QED) is 0.128. The van der Waals surface area contributed by atoms with Crippen LogP contribution in [0.15, 0.2) is 211 Å². The van der Waals surface area contributed by atoms with Gasteiger partial charge in [-0.3, -0.25) is 9.20 Å². The number of hydrogen-bond donors (Lipinski definition) is 0. The number of fused-ring (bicyclic) bond motifs is 17. The minimum absolute atomic E-state index is 0.0227. The van der Waals surface area contributed by atoms with E-state index in [2.05, 4.69) is 182 Å². The smallest absolute Gasteiger partial charge is 0.264 e. The zero-order valence-corrected chi connectivity index (χ0v) is 37.9. The lowest BCUT2D eigenvalue weighted by Crippen LogP contribution is -2.13. The van der Waals surface area contributed by atoms with E-state index in [1.165, 1.54) is 131 Å². The zero-order valence-electron chi connectivity index (χ0n) is 37.9. The van der Waals surface area contributed by atoms with Crippen molar-refractivity contribution in [3.05, 3.63) is 217 Å². The molecule has 0 radical (unpaired) electrons. The van der Waals surface area contributed by atoms with Crippen LogP contribution in [0.4, 0.5) is 0 Å². The maximum Gasteiger partial charge on any atom is 0.264 e. The van der Waals surface area contributed by atoms with Crippen LogP contribution < -0.4 is 5.56 Å². The van der Waals surface area contributed by atoms with Gasteiger partial charge < -0.3 is 0 Å². The van der Waals surface area contributed by atoms with Gasteiger partial charge in [0.05, 0.1) is 11.0 Å². The predicted molar refractivity (Wildman–Crippen MR) is 300 cm³/mol. The Morgan fingerprint density at radius 1 is 0.268 bits per heavy atom. The Hall–Kier alpha value is -9.44. The van der Waals surface area contributed by atoms with Gasteiger partial charge in [-0.15, -0.1) is 0 Å². The van der Waals surface area contributed by atoms with Crippen molar-refractivity contribution >= 4 is 135 Å². The van der Waals surface area contributed by atoms with E-state index in [9.17, 15) is 4.79 Å². The van der Waals surface area contributed by atoms with Gasteiger partial charge in [-0.2, -0.15) is 0 Å². The summed E-state index contributed by atoms with van der Waals surface area (Å²) in [4.78, 5) is 19.5. The third-order valence-corrected chi connectivity index (χ3v) is 16.7. The first-order chi connectivity index (χ1) is 35.2. The lowest BCUT2D eigenvalue weighted by atomic mass is 9.79. The standard InChI is InChI=1S/C68H34N2O/c71-68-52-34-30-48-44-26-24-42-46-28-32-50-61-49(31-27-45(59(46)61)41-23-25-43(58(44)57(41)42)47-29-33-51(62(52)60(47)48)67-69-53-21-11-12-22-54(53)70(67)68)65-55(35-13-3-1-4-14-35)63-39-19-9-7-17-37(39)38-18-8-10-20-40(38)64(63)56(66(50)65)36-15-5-2-6-16-36/h1-34H. The van der Waals surface area contributed by atoms with E-state index in [0.29, 0.717) is 5.65 Å². The summed E-state index contributed by atoms with van der Waals surface area (Å²) in [7, 11) is 0. The third-order valence-electron chi connectivity index (χ3n) is 16.7. The van der Waals surface area contributed by atoms with Gasteiger partial charge in [-0.25, -0.2) is 4.98 Å². The van der Waals surface area contributed by atoms with E-state index in [4.69, 9.17) is 4.98 Å². The summed E-state index contributed by atoms with van der Waals surface area (Å²) in [6.07, 6.45) is 0. The topological polar surface area (TPSA) is 34.4 Å². The molecule has 3 heteroatoms. The van der Waals surface area contributed by atoms with E-state index in [0.717, 1.165) is 43.4 Å². The predicted octanol–water partition coefficient (Wildman–Crippen LogP) is 17.8. The van der Waals surface area contributed by atoms with Gasteiger partial charge in [-0.1, -0.05) is 182 Å². The first-order valence-corrected chi connectivity index (χ1v) is 24.6. The average Bonchev–Trinajstić information content (AvgIpc) is 4.00. The van der Waals surface area contributed by atoms with Crippen molar-refractivity contribution in [3.8, 4) is 44.5 Å². The maximum atomic E-state index is 14.5. The molecule has 3 nitrogen and oxygen atoms in total. The SMILES string of the molecule is O=c1c2ccc3c4ccc5c6ccc7c8c(ccc(c9ccc(c%10ccc(c2c3%10)c2nc3ccccc3n12)c4c59)c86)-c1c-7c(-c2ccccc2)c2c3ccccc3c3ccccc3c2c1-c1ccccc1. The molecule has 0 atom stereocenters.